The fourth-order valence-electron chi connectivity index (χ4n) is 1.16. The first-order valence-corrected chi connectivity index (χ1v) is 7.56. The van der Waals surface area contributed by atoms with E-state index in [2.05, 4.69) is 0 Å². The Morgan fingerprint density at radius 3 is 1.59 bits per heavy atom. The highest BCUT2D eigenvalue weighted by Gasteiger charge is 2.60. The van der Waals surface area contributed by atoms with Crippen LogP contribution in [0.4, 0.5) is 0 Å². The lowest BCUT2D eigenvalue weighted by Crippen LogP contribution is -2.19. The van der Waals surface area contributed by atoms with Gasteiger partial charge in [-0.3, -0.25) is 9.13 Å². The molecule has 7 nitrogen and oxygen atoms in total. The average Bonchev–Trinajstić information content (AvgIpc) is 2.14. The number of benzene rings is 1. The van der Waals surface area contributed by atoms with Crippen LogP contribution in [0, 0.1) is 0 Å². The Morgan fingerprint density at radius 1 is 0.941 bits per heavy atom. The second kappa shape index (κ2) is 5.18. The first-order valence-electron chi connectivity index (χ1n) is 3.96. The zero-order valence-electron chi connectivity index (χ0n) is 8.26. The predicted octanol–water partition coefficient (Wildman–Crippen LogP) is 0.566. The molecule has 6 N–H and O–H groups in total. The standard InChI is InChI=1S/C7H9ClO6P2.H2O/c8-7(15(9,10)11,16(12,13)14)6-4-2-1-3-5-6;/h1-5H,(H2,9,10,11)(H2,12,13,14);1H2. The molecule has 0 unspecified atom stereocenters. The summed E-state index contributed by atoms with van der Waals surface area (Å²) in [5.41, 5.74) is -0.321. The first-order chi connectivity index (χ1) is 7.11. The molecular weight excluding hydrogens is 293 g/mol. The van der Waals surface area contributed by atoms with Gasteiger partial charge in [-0.15, -0.1) is 0 Å². The van der Waals surface area contributed by atoms with Gasteiger partial charge in [-0.1, -0.05) is 41.9 Å². The summed E-state index contributed by atoms with van der Waals surface area (Å²) in [4.78, 5) is 36.1. The number of rotatable bonds is 3. The molecule has 1 aromatic carbocycles. The van der Waals surface area contributed by atoms with Crippen molar-refractivity contribution in [3.63, 3.8) is 0 Å². The van der Waals surface area contributed by atoms with Crippen LogP contribution >= 0.6 is 26.8 Å². The Bertz CT molecular complexity index is 442. The van der Waals surface area contributed by atoms with E-state index < -0.39 is 19.5 Å². The second-order valence-electron chi connectivity index (χ2n) is 3.04. The van der Waals surface area contributed by atoms with Gasteiger partial charge in [0.25, 0.3) is 4.36 Å². The van der Waals surface area contributed by atoms with Crippen molar-refractivity contribution >= 4 is 26.8 Å². The molecule has 0 bridgehead atoms. The van der Waals surface area contributed by atoms with E-state index in [1.165, 1.54) is 18.2 Å². The maximum atomic E-state index is 11.2. The topological polar surface area (TPSA) is 147 Å². The van der Waals surface area contributed by atoms with Crippen LogP contribution in [0.1, 0.15) is 5.56 Å². The van der Waals surface area contributed by atoms with Crippen LogP contribution in [0.3, 0.4) is 0 Å². The van der Waals surface area contributed by atoms with Gasteiger partial charge in [0.05, 0.1) is 0 Å². The molecule has 98 valence electrons. The maximum Gasteiger partial charge on any atom is 0.363 e. The lowest BCUT2D eigenvalue weighted by atomic mass is 10.2. The minimum absolute atomic E-state index is 0. The van der Waals surface area contributed by atoms with Crippen LogP contribution in [-0.2, 0) is 13.5 Å². The van der Waals surface area contributed by atoms with Gasteiger partial charge in [0.15, 0.2) is 0 Å². The fraction of sp³-hybridized carbons (Fsp3) is 0.143. The summed E-state index contributed by atoms with van der Waals surface area (Å²) >= 11 is 5.49. The molecule has 0 aliphatic carbocycles. The molecule has 0 radical (unpaired) electrons. The molecule has 0 saturated carbocycles. The Hall–Kier alpha value is -0.230. The van der Waals surface area contributed by atoms with Gasteiger partial charge in [-0.05, 0) is 5.56 Å². The molecular formula is C7H11ClO7P2. The van der Waals surface area contributed by atoms with Crippen LogP contribution in [-0.4, -0.2) is 25.0 Å². The second-order valence-corrected chi connectivity index (χ2v) is 8.01. The van der Waals surface area contributed by atoms with Crippen molar-refractivity contribution < 1.29 is 34.2 Å². The van der Waals surface area contributed by atoms with E-state index in [1.807, 2.05) is 0 Å². The summed E-state index contributed by atoms with van der Waals surface area (Å²) in [5.74, 6) is 0. The molecule has 0 aliphatic rings. The molecule has 0 atom stereocenters. The van der Waals surface area contributed by atoms with Gasteiger partial charge in [-0.2, -0.15) is 0 Å². The smallest absolute Gasteiger partial charge is 0.363 e. The van der Waals surface area contributed by atoms with Crippen molar-refractivity contribution in [2.24, 2.45) is 0 Å². The zero-order chi connectivity index (χ0) is 12.6. The summed E-state index contributed by atoms with van der Waals surface area (Å²) in [7, 11) is -10.5. The van der Waals surface area contributed by atoms with Gasteiger partial charge in [0.2, 0.25) is 0 Å². The van der Waals surface area contributed by atoms with E-state index in [0.29, 0.717) is 0 Å². The van der Waals surface area contributed by atoms with E-state index in [0.717, 1.165) is 12.1 Å². The minimum Gasteiger partial charge on any atom is -0.412 e. The van der Waals surface area contributed by atoms with Crippen LogP contribution in [0.15, 0.2) is 30.3 Å². The summed E-state index contributed by atoms with van der Waals surface area (Å²) in [5, 5.41) is 0. The fourth-order valence-corrected chi connectivity index (χ4v) is 3.61. The van der Waals surface area contributed by atoms with Crippen molar-refractivity contribution in [2.75, 3.05) is 0 Å². The van der Waals surface area contributed by atoms with Gasteiger partial charge in [-0.25, -0.2) is 0 Å². The SMILES string of the molecule is O.O=P(O)(O)C(Cl)(c1ccccc1)P(=O)(O)O. The third-order valence-electron chi connectivity index (χ3n) is 1.91. The molecule has 17 heavy (non-hydrogen) atoms. The molecule has 10 heteroatoms. The normalized spacial score (nSPS) is 13.0. The van der Waals surface area contributed by atoms with E-state index in [-0.39, 0.29) is 11.0 Å². The summed E-state index contributed by atoms with van der Waals surface area (Å²) < 4.78 is 19.3. The summed E-state index contributed by atoms with van der Waals surface area (Å²) in [6.45, 7) is 0. The van der Waals surface area contributed by atoms with Crippen molar-refractivity contribution in [3.8, 4) is 0 Å². The average molecular weight is 305 g/mol. The number of hydrogen-bond acceptors (Lipinski definition) is 2. The highest BCUT2D eigenvalue weighted by molar-refractivity contribution is 7.74. The molecule has 0 aliphatic heterocycles. The third kappa shape index (κ3) is 2.96. The number of alkyl halides is 1. The Balaban J connectivity index is 0.00000256. The van der Waals surface area contributed by atoms with Crippen molar-refractivity contribution in [1.29, 1.82) is 0 Å². The van der Waals surface area contributed by atoms with Crippen LogP contribution < -0.4 is 0 Å². The summed E-state index contributed by atoms with van der Waals surface area (Å²) in [6, 6.07) is 6.56. The minimum atomic E-state index is -5.23. The molecule has 0 amide bonds. The molecule has 0 saturated heterocycles. The lowest BCUT2D eigenvalue weighted by Gasteiger charge is -2.28. The van der Waals surface area contributed by atoms with Crippen LogP contribution in [0.5, 0.6) is 0 Å². The van der Waals surface area contributed by atoms with Gasteiger partial charge >= 0.3 is 15.2 Å². The Kier molecular flexibility index (Phi) is 5.11. The molecule has 0 aromatic heterocycles. The van der Waals surface area contributed by atoms with Crippen molar-refractivity contribution in [3.05, 3.63) is 35.9 Å². The molecule has 1 aromatic rings. The lowest BCUT2D eigenvalue weighted by molar-refractivity contribution is 0.331. The molecule has 0 spiro atoms. The van der Waals surface area contributed by atoms with Gasteiger partial charge in [0, 0.05) is 0 Å². The monoisotopic (exact) mass is 304 g/mol. The van der Waals surface area contributed by atoms with Crippen molar-refractivity contribution in [2.45, 2.75) is 4.36 Å². The van der Waals surface area contributed by atoms with E-state index in [1.54, 1.807) is 0 Å². The Morgan fingerprint density at radius 2 is 1.29 bits per heavy atom. The largest absolute Gasteiger partial charge is 0.412 e. The Labute approximate surface area is 102 Å². The van der Waals surface area contributed by atoms with E-state index in [9.17, 15) is 9.13 Å². The summed E-state index contributed by atoms with van der Waals surface area (Å²) in [6.07, 6.45) is 0. The van der Waals surface area contributed by atoms with Crippen molar-refractivity contribution in [1.82, 2.24) is 0 Å². The number of halogens is 1. The first kappa shape index (κ1) is 16.8. The molecule has 1 rings (SSSR count). The zero-order valence-corrected chi connectivity index (χ0v) is 10.8. The van der Waals surface area contributed by atoms with E-state index >= 15 is 0 Å². The highest BCUT2D eigenvalue weighted by atomic mass is 35.5. The van der Waals surface area contributed by atoms with Crippen LogP contribution in [0.2, 0.25) is 0 Å². The molecule has 0 fully saturated rings. The van der Waals surface area contributed by atoms with Gasteiger partial charge in [0.1, 0.15) is 0 Å². The van der Waals surface area contributed by atoms with Crippen LogP contribution in [0.25, 0.3) is 0 Å². The highest BCUT2D eigenvalue weighted by Crippen LogP contribution is 2.76. The third-order valence-corrected chi connectivity index (χ3v) is 7.08. The van der Waals surface area contributed by atoms with E-state index in [4.69, 9.17) is 31.2 Å². The quantitative estimate of drug-likeness (QED) is 0.474. The van der Waals surface area contributed by atoms with Gasteiger partial charge < -0.3 is 25.0 Å². The molecule has 0 heterocycles. The maximum absolute atomic E-state index is 11.2. The number of hydrogen-bond donors (Lipinski definition) is 4. The predicted molar refractivity (Wildman–Crippen MR) is 61.7 cm³/mol.